The van der Waals surface area contributed by atoms with E-state index < -0.39 is 17.1 Å². The number of amides is 1. The van der Waals surface area contributed by atoms with Crippen LogP contribution in [0.1, 0.15) is 29.5 Å². The van der Waals surface area contributed by atoms with Crippen LogP contribution in [-0.2, 0) is 24.4 Å². The molecule has 8 heteroatoms. The molecule has 3 rings (SSSR count). The van der Waals surface area contributed by atoms with Crippen LogP contribution in [0.25, 0.3) is 0 Å². The van der Waals surface area contributed by atoms with Crippen LogP contribution in [-0.4, -0.2) is 44.8 Å². The topological polar surface area (TPSA) is 113 Å². The Morgan fingerprint density at radius 1 is 1.10 bits per heavy atom. The number of nitrogens with zero attached hydrogens (tertiary/aromatic N) is 2. The molecule has 1 amide bonds. The fourth-order valence-electron chi connectivity index (χ4n) is 3.48. The highest BCUT2D eigenvalue weighted by molar-refractivity contribution is 5.68. The van der Waals surface area contributed by atoms with Crippen molar-refractivity contribution in [1.29, 1.82) is 0 Å². The summed E-state index contributed by atoms with van der Waals surface area (Å²) in [6, 6.07) is 13.4. The molecule has 154 valence electrons. The average molecular weight is 400 g/mol. The normalized spacial score (nSPS) is 18.6. The number of aliphatic hydroxyl groups is 2. The van der Waals surface area contributed by atoms with Gasteiger partial charge in [-0.2, -0.15) is 0 Å². The Labute approximate surface area is 168 Å². The van der Waals surface area contributed by atoms with E-state index in [1.807, 2.05) is 24.3 Å². The predicted octanol–water partition coefficient (Wildman–Crippen LogP) is 2.79. The molecule has 0 aliphatic carbocycles. The van der Waals surface area contributed by atoms with Gasteiger partial charge in [0.15, 0.2) is 0 Å². The van der Waals surface area contributed by atoms with E-state index >= 15 is 0 Å². The minimum absolute atomic E-state index is 0.00345. The SMILES string of the molecule is O=C(OCc1ccc([N+](=O)[O-])cc1)N1C[C@H](O)C[C@H]1CCc1ccc(CO)cc1. The van der Waals surface area contributed by atoms with Gasteiger partial charge in [0.1, 0.15) is 6.61 Å². The van der Waals surface area contributed by atoms with Crippen molar-refractivity contribution in [3.63, 3.8) is 0 Å². The average Bonchev–Trinajstić information content (AvgIpc) is 3.11. The van der Waals surface area contributed by atoms with E-state index in [1.54, 1.807) is 17.0 Å². The molecule has 0 unspecified atom stereocenters. The summed E-state index contributed by atoms with van der Waals surface area (Å²) >= 11 is 0. The number of nitro benzene ring substituents is 1. The van der Waals surface area contributed by atoms with E-state index in [2.05, 4.69) is 0 Å². The second-order valence-corrected chi connectivity index (χ2v) is 7.19. The molecule has 2 aromatic rings. The summed E-state index contributed by atoms with van der Waals surface area (Å²) in [5.74, 6) is 0. The summed E-state index contributed by atoms with van der Waals surface area (Å²) < 4.78 is 5.35. The summed E-state index contributed by atoms with van der Waals surface area (Å²) in [4.78, 5) is 24.3. The van der Waals surface area contributed by atoms with Gasteiger partial charge in [-0.25, -0.2) is 4.79 Å². The molecule has 1 heterocycles. The molecule has 0 aromatic heterocycles. The third kappa shape index (κ3) is 5.52. The molecule has 29 heavy (non-hydrogen) atoms. The van der Waals surface area contributed by atoms with Gasteiger partial charge in [0.2, 0.25) is 0 Å². The smallest absolute Gasteiger partial charge is 0.410 e. The highest BCUT2D eigenvalue weighted by atomic mass is 16.6. The zero-order chi connectivity index (χ0) is 20.8. The van der Waals surface area contributed by atoms with Crippen LogP contribution < -0.4 is 0 Å². The van der Waals surface area contributed by atoms with Crippen molar-refractivity contribution >= 4 is 11.8 Å². The Bertz CT molecular complexity index is 837. The summed E-state index contributed by atoms with van der Waals surface area (Å²) in [6.45, 7) is 0.245. The molecule has 0 bridgehead atoms. The molecule has 0 saturated carbocycles. The lowest BCUT2D eigenvalue weighted by Crippen LogP contribution is -2.36. The Kier molecular flexibility index (Phi) is 6.79. The van der Waals surface area contributed by atoms with Gasteiger partial charge in [-0.1, -0.05) is 24.3 Å². The zero-order valence-electron chi connectivity index (χ0n) is 15.9. The first-order valence-electron chi connectivity index (χ1n) is 9.49. The van der Waals surface area contributed by atoms with Gasteiger partial charge in [0.25, 0.3) is 5.69 Å². The number of β-amino-alcohol motifs (C(OH)–C–C–N with tert-alkyl or cyclic N) is 1. The van der Waals surface area contributed by atoms with Crippen molar-refractivity contribution in [2.45, 2.75) is 44.6 Å². The van der Waals surface area contributed by atoms with Crippen LogP contribution in [0.2, 0.25) is 0 Å². The number of aryl methyl sites for hydroxylation is 1. The fourth-order valence-corrected chi connectivity index (χ4v) is 3.48. The first kappa shape index (κ1) is 20.8. The lowest BCUT2D eigenvalue weighted by Gasteiger charge is -2.23. The molecule has 2 N–H and O–H groups in total. The van der Waals surface area contributed by atoms with Crippen molar-refractivity contribution in [3.05, 3.63) is 75.3 Å². The number of ether oxygens (including phenoxy) is 1. The largest absolute Gasteiger partial charge is 0.445 e. The van der Waals surface area contributed by atoms with Crippen molar-refractivity contribution in [2.75, 3.05) is 6.54 Å². The Morgan fingerprint density at radius 2 is 1.72 bits per heavy atom. The number of benzene rings is 2. The highest BCUT2D eigenvalue weighted by Gasteiger charge is 2.34. The van der Waals surface area contributed by atoms with Gasteiger partial charge >= 0.3 is 6.09 Å². The minimum atomic E-state index is -0.580. The van der Waals surface area contributed by atoms with Gasteiger partial charge in [-0.05, 0) is 48.1 Å². The van der Waals surface area contributed by atoms with E-state index in [-0.39, 0.29) is 31.5 Å². The quantitative estimate of drug-likeness (QED) is 0.546. The number of carbonyl (C=O) groups excluding carboxylic acids is 1. The van der Waals surface area contributed by atoms with Gasteiger partial charge in [-0.3, -0.25) is 10.1 Å². The standard InChI is InChI=1S/C21H24N2O6/c24-13-16-3-1-15(2-4-16)5-10-19-11-20(25)12-22(19)21(26)29-14-17-6-8-18(9-7-17)23(27)28/h1-4,6-9,19-20,24-25H,5,10-14H2/t19-,20-/m1/s1. The van der Waals surface area contributed by atoms with Crippen LogP contribution in [0.5, 0.6) is 0 Å². The van der Waals surface area contributed by atoms with Gasteiger partial charge in [0, 0.05) is 18.2 Å². The zero-order valence-corrected chi connectivity index (χ0v) is 15.9. The highest BCUT2D eigenvalue weighted by Crippen LogP contribution is 2.24. The first-order chi connectivity index (χ1) is 14.0. The molecule has 1 aliphatic heterocycles. The van der Waals surface area contributed by atoms with E-state index in [0.29, 0.717) is 18.4 Å². The van der Waals surface area contributed by atoms with Gasteiger partial charge in [-0.15, -0.1) is 0 Å². The number of hydrogen-bond acceptors (Lipinski definition) is 6. The monoisotopic (exact) mass is 400 g/mol. The lowest BCUT2D eigenvalue weighted by atomic mass is 10.0. The Morgan fingerprint density at radius 3 is 2.34 bits per heavy atom. The van der Waals surface area contributed by atoms with Gasteiger partial charge in [0.05, 0.1) is 24.2 Å². The second kappa shape index (κ2) is 9.49. The third-order valence-corrected chi connectivity index (χ3v) is 5.11. The van der Waals surface area contributed by atoms with E-state index in [1.165, 1.54) is 12.1 Å². The first-order valence-corrected chi connectivity index (χ1v) is 9.49. The number of aliphatic hydroxyl groups excluding tert-OH is 2. The Balaban J connectivity index is 1.54. The molecule has 1 fully saturated rings. The molecular formula is C21H24N2O6. The number of carbonyl (C=O) groups is 1. The van der Waals surface area contributed by atoms with Gasteiger partial charge < -0.3 is 19.8 Å². The Hall–Kier alpha value is -2.97. The molecule has 2 atom stereocenters. The van der Waals surface area contributed by atoms with Crippen LogP contribution in [0.3, 0.4) is 0 Å². The van der Waals surface area contributed by atoms with Crippen molar-refractivity contribution in [1.82, 2.24) is 4.90 Å². The molecular weight excluding hydrogens is 376 g/mol. The van der Waals surface area contributed by atoms with Crippen LogP contribution in [0.4, 0.5) is 10.5 Å². The van der Waals surface area contributed by atoms with E-state index in [4.69, 9.17) is 9.84 Å². The molecule has 8 nitrogen and oxygen atoms in total. The summed E-state index contributed by atoms with van der Waals surface area (Å²) in [5, 5.41) is 29.8. The molecule has 0 radical (unpaired) electrons. The number of likely N-dealkylation sites (tertiary alicyclic amines) is 1. The second-order valence-electron chi connectivity index (χ2n) is 7.19. The summed E-state index contributed by atoms with van der Waals surface area (Å²) in [5.41, 5.74) is 2.59. The minimum Gasteiger partial charge on any atom is -0.445 e. The fraction of sp³-hybridized carbons (Fsp3) is 0.381. The lowest BCUT2D eigenvalue weighted by molar-refractivity contribution is -0.384. The van der Waals surface area contributed by atoms with Crippen molar-refractivity contribution in [3.8, 4) is 0 Å². The van der Waals surface area contributed by atoms with Crippen LogP contribution in [0, 0.1) is 10.1 Å². The maximum absolute atomic E-state index is 12.5. The number of nitro groups is 1. The number of non-ortho nitro benzene ring substituents is 1. The third-order valence-electron chi connectivity index (χ3n) is 5.11. The molecule has 0 spiro atoms. The summed E-state index contributed by atoms with van der Waals surface area (Å²) in [6.07, 6.45) is 0.864. The van der Waals surface area contributed by atoms with Crippen molar-refractivity contribution in [2.24, 2.45) is 0 Å². The molecule has 1 aliphatic rings. The molecule has 1 saturated heterocycles. The number of hydrogen-bond donors (Lipinski definition) is 2. The summed E-state index contributed by atoms with van der Waals surface area (Å²) in [7, 11) is 0. The van der Waals surface area contributed by atoms with Crippen LogP contribution >= 0.6 is 0 Å². The van der Waals surface area contributed by atoms with Crippen molar-refractivity contribution < 1.29 is 24.7 Å². The van der Waals surface area contributed by atoms with E-state index in [9.17, 15) is 20.0 Å². The van der Waals surface area contributed by atoms with E-state index in [0.717, 1.165) is 17.5 Å². The van der Waals surface area contributed by atoms with Crippen LogP contribution in [0.15, 0.2) is 48.5 Å². The molecule has 2 aromatic carbocycles. The maximum atomic E-state index is 12.5. The maximum Gasteiger partial charge on any atom is 0.410 e. The predicted molar refractivity (Wildman–Crippen MR) is 105 cm³/mol. The number of rotatable bonds is 7.